The molecule has 1 unspecified atom stereocenters. The number of thiophene rings is 1. The minimum Gasteiger partial charge on any atom is -0.497 e. The quantitative estimate of drug-likeness (QED) is 0.882. The zero-order valence-corrected chi connectivity index (χ0v) is 12.9. The average molecular weight is 296 g/mol. The summed E-state index contributed by atoms with van der Waals surface area (Å²) in [4.78, 5) is 1.24. The van der Waals surface area contributed by atoms with E-state index in [2.05, 4.69) is 30.4 Å². The minimum atomic E-state index is 0.187. The second kappa shape index (κ2) is 6.42. The van der Waals surface area contributed by atoms with Gasteiger partial charge in [-0.15, -0.1) is 11.3 Å². The number of aryl methyl sites for hydroxylation is 1. The Bertz CT molecular complexity index is 516. The highest BCUT2D eigenvalue weighted by Crippen LogP contribution is 2.34. The van der Waals surface area contributed by atoms with Gasteiger partial charge in [0.05, 0.1) is 17.5 Å². The van der Waals surface area contributed by atoms with Crippen molar-refractivity contribution in [2.75, 3.05) is 13.7 Å². The van der Waals surface area contributed by atoms with Crippen molar-refractivity contribution in [3.63, 3.8) is 0 Å². The van der Waals surface area contributed by atoms with E-state index < -0.39 is 0 Å². The van der Waals surface area contributed by atoms with E-state index in [0.717, 1.165) is 22.2 Å². The van der Waals surface area contributed by atoms with Crippen LogP contribution < -0.4 is 10.1 Å². The molecular weight excluding hydrogens is 278 g/mol. The van der Waals surface area contributed by atoms with Crippen LogP contribution in [0.25, 0.3) is 0 Å². The summed E-state index contributed by atoms with van der Waals surface area (Å²) in [5.74, 6) is 0.874. The lowest BCUT2D eigenvalue weighted by Crippen LogP contribution is -2.20. The Balaban J connectivity index is 2.33. The maximum absolute atomic E-state index is 6.18. The van der Waals surface area contributed by atoms with Gasteiger partial charge < -0.3 is 10.1 Å². The molecule has 2 nitrogen and oxygen atoms in total. The molecule has 0 saturated heterocycles. The first-order valence-electron chi connectivity index (χ1n) is 6.29. The summed E-state index contributed by atoms with van der Waals surface area (Å²) in [6.07, 6.45) is 0. The van der Waals surface area contributed by atoms with Gasteiger partial charge in [0.2, 0.25) is 0 Å². The molecule has 0 fully saturated rings. The molecule has 4 heteroatoms. The predicted octanol–water partition coefficient (Wildman–Crippen LogP) is 4.42. The third-order valence-electron chi connectivity index (χ3n) is 3.02. The first-order valence-corrected chi connectivity index (χ1v) is 7.48. The molecule has 0 spiro atoms. The normalized spacial score (nSPS) is 12.4. The number of ether oxygens (including phenoxy) is 1. The Morgan fingerprint density at radius 1 is 1.32 bits per heavy atom. The summed E-state index contributed by atoms with van der Waals surface area (Å²) < 4.78 is 6.07. The number of rotatable bonds is 5. The second-order valence-corrected chi connectivity index (χ2v) is 6.06. The van der Waals surface area contributed by atoms with Gasteiger partial charge in [-0.05, 0) is 42.8 Å². The summed E-state index contributed by atoms with van der Waals surface area (Å²) in [7, 11) is 1.68. The second-order valence-electron chi connectivity index (χ2n) is 4.37. The van der Waals surface area contributed by atoms with Crippen LogP contribution in [0.2, 0.25) is 4.34 Å². The average Bonchev–Trinajstić information content (AvgIpc) is 2.76. The number of methoxy groups -OCH3 is 1. The largest absolute Gasteiger partial charge is 0.497 e. The van der Waals surface area contributed by atoms with Gasteiger partial charge in [0.1, 0.15) is 5.75 Å². The number of benzene rings is 1. The fraction of sp³-hybridized carbons (Fsp3) is 0.333. The Kier molecular flexibility index (Phi) is 4.86. The number of nitrogens with one attached hydrogen (secondary N) is 1. The van der Waals surface area contributed by atoms with E-state index in [1.165, 1.54) is 10.4 Å². The van der Waals surface area contributed by atoms with Crippen molar-refractivity contribution in [3.8, 4) is 5.75 Å². The fourth-order valence-electron chi connectivity index (χ4n) is 2.01. The molecule has 0 aliphatic rings. The molecule has 19 heavy (non-hydrogen) atoms. The van der Waals surface area contributed by atoms with E-state index >= 15 is 0 Å². The van der Waals surface area contributed by atoms with Gasteiger partial charge in [0, 0.05) is 4.88 Å². The molecule has 1 atom stereocenters. The van der Waals surface area contributed by atoms with Crippen LogP contribution in [0.1, 0.15) is 29.0 Å². The van der Waals surface area contributed by atoms with Gasteiger partial charge in [0.15, 0.2) is 0 Å². The van der Waals surface area contributed by atoms with Crippen molar-refractivity contribution in [1.82, 2.24) is 5.32 Å². The van der Waals surface area contributed by atoms with Gasteiger partial charge in [-0.2, -0.15) is 0 Å². The third-order valence-corrected chi connectivity index (χ3v) is 4.64. The topological polar surface area (TPSA) is 21.3 Å². The third kappa shape index (κ3) is 3.30. The molecule has 0 radical (unpaired) electrons. The van der Waals surface area contributed by atoms with E-state index in [1.807, 2.05) is 19.1 Å². The van der Waals surface area contributed by atoms with E-state index in [0.29, 0.717) is 0 Å². The van der Waals surface area contributed by atoms with Crippen molar-refractivity contribution in [2.24, 2.45) is 0 Å². The van der Waals surface area contributed by atoms with Crippen LogP contribution in [-0.4, -0.2) is 13.7 Å². The van der Waals surface area contributed by atoms with Crippen LogP contribution in [0, 0.1) is 6.92 Å². The summed E-state index contributed by atoms with van der Waals surface area (Å²) >= 11 is 7.82. The maximum Gasteiger partial charge on any atom is 0.118 e. The Morgan fingerprint density at radius 2 is 2.00 bits per heavy atom. The number of hydrogen-bond acceptors (Lipinski definition) is 3. The molecule has 1 N–H and O–H groups in total. The Labute approximate surface area is 123 Å². The summed E-state index contributed by atoms with van der Waals surface area (Å²) in [5.41, 5.74) is 2.36. The fourth-order valence-corrected chi connectivity index (χ4v) is 3.33. The lowest BCUT2D eigenvalue weighted by molar-refractivity contribution is 0.414. The predicted molar refractivity (Wildman–Crippen MR) is 82.6 cm³/mol. The van der Waals surface area contributed by atoms with Gasteiger partial charge >= 0.3 is 0 Å². The lowest BCUT2D eigenvalue weighted by Gasteiger charge is -2.17. The first-order chi connectivity index (χ1) is 9.15. The molecule has 0 aliphatic heterocycles. The van der Waals surface area contributed by atoms with Crippen LogP contribution in [0.4, 0.5) is 0 Å². The maximum atomic E-state index is 6.18. The van der Waals surface area contributed by atoms with Gasteiger partial charge in [-0.25, -0.2) is 0 Å². The van der Waals surface area contributed by atoms with Crippen molar-refractivity contribution in [2.45, 2.75) is 19.9 Å². The Morgan fingerprint density at radius 3 is 2.47 bits per heavy atom. The molecule has 2 rings (SSSR count). The standard InChI is InChI=1S/C15H18ClNOS/c1-4-17-14(13-9-10(2)15(16)19-13)11-5-7-12(18-3)8-6-11/h5-9,14,17H,4H2,1-3H3. The van der Waals surface area contributed by atoms with Crippen molar-refractivity contribution in [1.29, 1.82) is 0 Å². The molecule has 0 saturated carbocycles. The number of halogens is 1. The smallest absolute Gasteiger partial charge is 0.118 e. The zero-order valence-electron chi connectivity index (χ0n) is 11.4. The highest BCUT2D eigenvalue weighted by atomic mass is 35.5. The van der Waals surface area contributed by atoms with Gasteiger partial charge in [-0.1, -0.05) is 30.7 Å². The molecular formula is C15H18ClNOS. The van der Waals surface area contributed by atoms with E-state index in [1.54, 1.807) is 18.4 Å². The van der Waals surface area contributed by atoms with E-state index in [-0.39, 0.29) is 6.04 Å². The van der Waals surface area contributed by atoms with Crippen LogP contribution in [0.3, 0.4) is 0 Å². The highest BCUT2D eigenvalue weighted by Gasteiger charge is 2.16. The summed E-state index contributed by atoms with van der Waals surface area (Å²) in [6.45, 7) is 5.06. The number of hydrogen-bond donors (Lipinski definition) is 1. The molecule has 1 aromatic heterocycles. The van der Waals surface area contributed by atoms with E-state index in [9.17, 15) is 0 Å². The SMILES string of the molecule is CCNC(c1ccc(OC)cc1)c1cc(C)c(Cl)s1. The Hall–Kier alpha value is -1.03. The first kappa shape index (κ1) is 14.4. The van der Waals surface area contributed by atoms with Crippen LogP contribution >= 0.6 is 22.9 Å². The molecule has 0 bridgehead atoms. The minimum absolute atomic E-state index is 0.187. The summed E-state index contributed by atoms with van der Waals surface area (Å²) in [5, 5.41) is 3.50. The zero-order chi connectivity index (χ0) is 13.8. The molecule has 102 valence electrons. The van der Waals surface area contributed by atoms with E-state index in [4.69, 9.17) is 16.3 Å². The summed E-state index contributed by atoms with van der Waals surface area (Å²) in [6, 6.07) is 10.5. The van der Waals surface area contributed by atoms with Crippen LogP contribution in [0.15, 0.2) is 30.3 Å². The highest BCUT2D eigenvalue weighted by molar-refractivity contribution is 7.16. The molecule has 2 aromatic rings. The van der Waals surface area contributed by atoms with Gasteiger partial charge in [0.25, 0.3) is 0 Å². The van der Waals surface area contributed by atoms with Crippen molar-refractivity contribution < 1.29 is 4.74 Å². The monoisotopic (exact) mass is 295 g/mol. The molecule has 1 heterocycles. The van der Waals surface area contributed by atoms with Crippen molar-refractivity contribution >= 4 is 22.9 Å². The molecule has 0 aliphatic carbocycles. The van der Waals surface area contributed by atoms with Crippen LogP contribution in [-0.2, 0) is 0 Å². The lowest BCUT2D eigenvalue weighted by atomic mass is 10.0. The molecule has 0 amide bonds. The van der Waals surface area contributed by atoms with Crippen molar-refractivity contribution in [3.05, 3.63) is 50.7 Å². The van der Waals surface area contributed by atoms with Crippen LogP contribution in [0.5, 0.6) is 5.75 Å². The van der Waals surface area contributed by atoms with Gasteiger partial charge in [-0.3, -0.25) is 0 Å². The molecule has 1 aromatic carbocycles.